The van der Waals surface area contributed by atoms with Gasteiger partial charge in [0.15, 0.2) is 0 Å². The van der Waals surface area contributed by atoms with Gasteiger partial charge in [0.05, 0.1) is 5.57 Å². The first-order chi connectivity index (χ1) is 6.07. The Bertz CT molecular complexity index is 277. The van der Waals surface area contributed by atoms with Crippen molar-refractivity contribution in [3.8, 4) is 0 Å². The van der Waals surface area contributed by atoms with Crippen LogP contribution in [0.25, 0.3) is 0 Å². The number of aliphatic carboxylic acids is 2. The lowest BCUT2D eigenvalue weighted by Crippen LogP contribution is -2.28. The molecule has 4 nitrogen and oxygen atoms in total. The first-order valence-electron chi connectivity index (χ1n) is 4.27. The minimum Gasteiger partial charge on any atom is -0.478 e. The van der Waals surface area contributed by atoms with Gasteiger partial charge in [0.1, 0.15) is 0 Å². The average Bonchev–Trinajstić information content (AvgIpc) is 1.94. The minimum atomic E-state index is -1.09. The van der Waals surface area contributed by atoms with Crippen molar-refractivity contribution in [3.05, 3.63) is 11.1 Å². The van der Waals surface area contributed by atoms with Gasteiger partial charge in [-0.25, -0.2) is 9.59 Å². The zero-order chi connectivity index (χ0) is 10.0. The monoisotopic (exact) mass is 184 g/mol. The van der Waals surface area contributed by atoms with Crippen molar-refractivity contribution in [2.75, 3.05) is 0 Å². The highest BCUT2D eigenvalue weighted by atomic mass is 16.4. The van der Waals surface area contributed by atoms with Gasteiger partial charge in [0.2, 0.25) is 0 Å². The zero-order valence-electron chi connectivity index (χ0n) is 7.41. The van der Waals surface area contributed by atoms with E-state index >= 15 is 0 Å². The van der Waals surface area contributed by atoms with E-state index in [-0.39, 0.29) is 17.1 Å². The number of carbonyl (C=O) groups is 2. The molecule has 0 spiro atoms. The van der Waals surface area contributed by atoms with Crippen molar-refractivity contribution in [1.29, 1.82) is 0 Å². The van der Waals surface area contributed by atoms with Gasteiger partial charge in [0, 0.05) is 5.57 Å². The van der Waals surface area contributed by atoms with Crippen LogP contribution in [0.5, 0.6) is 0 Å². The number of hydrogen-bond donors (Lipinski definition) is 2. The van der Waals surface area contributed by atoms with Gasteiger partial charge in [-0.2, -0.15) is 0 Å². The van der Waals surface area contributed by atoms with Crippen molar-refractivity contribution in [3.63, 3.8) is 0 Å². The molecule has 13 heavy (non-hydrogen) atoms. The average molecular weight is 184 g/mol. The van der Waals surface area contributed by atoms with Gasteiger partial charge in [-0.15, -0.1) is 0 Å². The van der Waals surface area contributed by atoms with Gasteiger partial charge in [-0.3, -0.25) is 0 Å². The molecule has 72 valence electrons. The molecule has 0 amide bonds. The highest BCUT2D eigenvalue weighted by molar-refractivity contribution is 6.02. The molecule has 0 aromatic heterocycles. The fourth-order valence-corrected chi connectivity index (χ4v) is 1.67. The van der Waals surface area contributed by atoms with Gasteiger partial charge < -0.3 is 10.2 Å². The largest absolute Gasteiger partial charge is 0.478 e. The van der Waals surface area contributed by atoms with E-state index in [0.29, 0.717) is 6.42 Å². The molecule has 2 N–H and O–H groups in total. The molecule has 1 rings (SSSR count). The van der Waals surface area contributed by atoms with E-state index in [1.54, 1.807) is 0 Å². The van der Waals surface area contributed by atoms with Crippen LogP contribution in [0.2, 0.25) is 0 Å². The Morgan fingerprint density at radius 2 is 2.00 bits per heavy atom. The van der Waals surface area contributed by atoms with Crippen LogP contribution in [-0.2, 0) is 9.59 Å². The summed E-state index contributed by atoms with van der Waals surface area (Å²) in [6.07, 6.45) is 2.05. The van der Waals surface area contributed by atoms with Gasteiger partial charge in [0.25, 0.3) is 0 Å². The van der Waals surface area contributed by atoms with E-state index in [4.69, 9.17) is 10.2 Å². The third-order valence-corrected chi connectivity index (χ3v) is 2.31. The fourth-order valence-electron chi connectivity index (χ4n) is 1.67. The molecule has 4 heteroatoms. The van der Waals surface area contributed by atoms with Crippen molar-refractivity contribution >= 4 is 11.9 Å². The van der Waals surface area contributed by atoms with Crippen molar-refractivity contribution in [2.45, 2.75) is 26.2 Å². The molecule has 1 atom stereocenters. The second-order valence-corrected chi connectivity index (χ2v) is 3.19. The maximum absolute atomic E-state index is 10.7. The Hall–Kier alpha value is -1.32. The predicted molar refractivity (Wildman–Crippen MR) is 45.3 cm³/mol. The lowest BCUT2D eigenvalue weighted by Gasteiger charge is -2.28. The summed E-state index contributed by atoms with van der Waals surface area (Å²) in [5.74, 6) is -2.22. The standard InChI is InChI=1S/C9H12O4/c1-2-3-5-4-6(8(10)11)7(5)9(12)13/h5H,2-4H2,1H3,(H,10,11)(H,12,13). The summed E-state index contributed by atoms with van der Waals surface area (Å²) < 4.78 is 0. The Morgan fingerprint density at radius 1 is 1.38 bits per heavy atom. The number of carboxylic acid groups (broad SMARTS) is 2. The molecule has 0 aromatic carbocycles. The molecule has 0 aromatic rings. The van der Waals surface area contributed by atoms with Crippen LogP contribution in [0, 0.1) is 5.92 Å². The SMILES string of the molecule is CCCC1CC(C(=O)O)=C1C(=O)O. The first kappa shape index (κ1) is 9.77. The molecule has 1 aliphatic rings. The van der Waals surface area contributed by atoms with Crippen molar-refractivity contribution in [2.24, 2.45) is 5.92 Å². The molecule has 1 unspecified atom stereocenters. The van der Waals surface area contributed by atoms with Crippen LogP contribution in [0.15, 0.2) is 11.1 Å². The van der Waals surface area contributed by atoms with E-state index in [9.17, 15) is 9.59 Å². The highest BCUT2D eigenvalue weighted by Gasteiger charge is 2.36. The Labute approximate surface area is 75.9 Å². The molecule has 0 bridgehead atoms. The first-order valence-corrected chi connectivity index (χ1v) is 4.27. The van der Waals surface area contributed by atoms with Gasteiger partial charge in [-0.1, -0.05) is 13.3 Å². The molecule has 0 fully saturated rings. The summed E-state index contributed by atoms with van der Waals surface area (Å²) in [4.78, 5) is 21.2. The van der Waals surface area contributed by atoms with Crippen LogP contribution < -0.4 is 0 Å². The van der Waals surface area contributed by atoms with Crippen LogP contribution in [0.4, 0.5) is 0 Å². The van der Waals surface area contributed by atoms with Crippen molar-refractivity contribution < 1.29 is 19.8 Å². The maximum Gasteiger partial charge on any atom is 0.332 e. The fraction of sp³-hybridized carbons (Fsp3) is 0.556. The lowest BCUT2D eigenvalue weighted by molar-refractivity contribution is -0.138. The molecule has 0 radical (unpaired) electrons. The van der Waals surface area contributed by atoms with E-state index in [1.165, 1.54) is 0 Å². The Morgan fingerprint density at radius 3 is 2.38 bits per heavy atom. The van der Waals surface area contributed by atoms with Crippen LogP contribution in [0.1, 0.15) is 26.2 Å². The summed E-state index contributed by atoms with van der Waals surface area (Å²) in [5.41, 5.74) is 0.181. The Kier molecular flexibility index (Phi) is 2.70. The summed E-state index contributed by atoms with van der Waals surface area (Å²) in [7, 11) is 0. The lowest BCUT2D eigenvalue weighted by atomic mass is 9.75. The van der Waals surface area contributed by atoms with Crippen LogP contribution in [-0.4, -0.2) is 22.2 Å². The summed E-state index contributed by atoms with van der Waals surface area (Å²) in [6.45, 7) is 1.96. The summed E-state index contributed by atoms with van der Waals surface area (Å²) in [6, 6.07) is 0. The third kappa shape index (κ3) is 1.71. The van der Waals surface area contributed by atoms with E-state index in [2.05, 4.69) is 0 Å². The van der Waals surface area contributed by atoms with E-state index < -0.39 is 11.9 Å². The third-order valence-electron chi connectivity index (χ3n) is 2.31. The molecular formula is C9H12O4. The minimum absolute atomic E-state index is 0.0476. The summed E-state index contributed by atoms with van der Waals surface area (Å²) in [5, 5.41) is 17.3. The Balaban J connectivity index is 2.82. The van der Waals surface area contributed by atoms with Crippen LogP contribution >= 0.6 is 0 Å². The molecule has 0 saturated heterocycles. The van der Waals surface area contributed by atoms with Gasteiger partial charge >= 0.3 is 11.9 Å². The highest BCUT2D eigenvalue weighted by Crippen LogP contribution is 2.37. The second-order valence-electron chi connectivity index (χ2n) is 3.19. The second kappa shape index (κ2) is 3.60. The predicted octanol–water partition coefficient (Wildman–Crippen LogP) is 1.27. The van der Waals surface area contributed by atoms with E-state index in [0.717, 1.165) is 12.8 Å². The van der Waals surface area contributed by atoms with E-state index in [1.807, 2.05) is 6.92 Å². The maximum atomic E-state index is 10.7. The molecular weight excluding hydrogens is 172 g/mol. The quantitative estimate of drug-likeness (QED) is 0.690. The molecule has 1 aliphatic carbocycles. The molecule has 0 saturated carbocycles. The molecule has 0 heterocycles. The molecule has 0 aliphatic heterocycles. The smallest absolute Gasteiger partial charge is 0.332 e. The topological polar surface area (TPSA) is 74.6 Å². The normalized spacial score (nSPS) is 21.2. The van der Waals surface area contributed by atoms with Gasteiger partial charge in [-0.05, 0) is 18.8 Å². The van der Waals surface area contributed by atoms with Crippen molar-refractivity contribution in [1.82, 2.24) is 0 Å². The van der Waals surface area contributed by atoms with Crippen LogP contribution in [0.3, 0.4) is 0 Å². The number of hydrogen-bond acceptors (Lipinski definition) is 2. The zero-order valence-corrected chi connectivity index (χ0v) is 7.41. The number of rotatable bonds is 4. The summed E-state index contributed by atoms with van der Waals surface area (Å²) >= 11 is 0. The number of carboxylic acids is 2.